The minimum Gasteiger partial charge on any atom is -0.317 e. The van der Waals surface area contributed by atoms with Gasteiger partial charge >= 0.3 is 0 Å². The van der Waals surface area contributed by atoms with Crippen molar-refractivity contribution in [2.75, 3.05) is 18.4 Å². The summed E-state index contributed by atoms with van der Waals surface area (Å²) in [4.78, 5) is 16.9. The van der Waals surface area contributed by atoms with Crippen LogP contribution in [0.15, 0.2) is 36.7 Å². The Morgan fingerprint density at radius 1 is 1.28 bits per heavy atom. The highest BCUT2D eigenvalue weighted by Crippen LogP contribution is 2.29. The van der Waals surface area contributed by atoms with Crippen LogP contribution in [0, 0.1) is 5.92 Å². The number of nitrogens with zero attached hydrogens (tertiary/aromatic N) is 3. The molecule has 0 atom stereocenters. The average molecular weight is 399 g/mol. The second kappa shape index (κ2) is 8.24. The number of anilines is 1. The van der Waals surface area contributed by atoms with E-state index in [0.29, 0.717) is 11.2 Å². The summed E-state index contributed by atoms with van der Waals surface area (Å²) in [5, 5.41) is 11.7. The van der Waals surface area contributed by atoms with E-state index in [1.165, 1.54) is 0 Å². The van der Waals surface area contributed by atoms with E-state index in [1.807, 2.05) is 25.4 Å². The summed E-state index contributed by atoms with van der Waals surface area (Å²) in [5.74, 6) is 0.124. The predicted molar refractivity (Wildman–Crippen MR) is 108 cm³/mol. The Labute approximate surface area is 167 Å². The number of piperidine rings is 1. The first-order valence-electron chi connectivity index (χ1n) is 9.72. The van der Waals surface area contributed by atoms with Gasteiger partial charge in [-0.05, 0) is 49.0 Å². The molecule has 3 aromatic rings. The molecule has 1 aliphatic heterocycles. The fraction of sp³-hybridized carbons (Fsp3) is 0.381. The van der Waals surface area contributed by atoms with Crippen molar-refractivity contribution in [3.8, 4) is 11.1 Å². The summed E-state index contributed by atoms with van der Waals surface area (Å²) >= 11 is 0. The fourth-order valence-corrected chi connectivity index (χ4v) is 3.76. The van der Waals surface area contributed by atoms with Crippen LogP contribution in [0.2, 0.25) is 0 Å². The van der Waals surface area contributed by atoms with Crippen molar-refractivity contribution in [3.63, 3.8) is 0 Å². The Morgan fingerprint density at radius 3 is 2.76 bits per heavy atom. The van der Waals surface area contributed by atoms with E-state index in [2.05, 4.69) is 20.7 Å². The SMILES string of the molecule is Cn1cc(-c2ccc3c(CC(F)F)nc(NC(=O)C4CCNCC4)cc3c2)cn1. The molecule has 1 fully saturated rings. The minimum atomic E-state index is -2.51. The molecular weight excluding hydrogens is 376 g/mol. The van der Waals surface area contributed by atoms with Gasteiger partial charge in [0.1, 0.15) is 5.82 Å². The molecule has 0 saturated carbocycles. The highest BCUT2D eigenvalue weighted by atomic mass is 19.3. The summed E-state index contributed by atoms with van der Waals surface area (Å²) in [6.07, 6.45) is 2.19. The quantitative estimate of drug-likeness (QED) is 0.690. The highest BCUT2D eigenvalue weighted by Gasteiger charge is 2.22. The van der Waals surface area contributed by atoms with Gasteiger partial charge in [0.2, 0.25) is 12.3 Å². The lowest BCUT2D eigenvalue weighted by Gasteiger charge is -2.21. The third-order valence-electron chi connectivity index (χ3n) is 5.26. The molecule has 2 aromatic heterocycles. The van der Waals surface area contributed by atoms with Crippen LogP contribution in [0.5, 0.6) is 0 Å². The van der Waals surface area contributed by atoms with Crippen LogP contribution < -0.4 is 10.6 Å². The monoisotopic (exact) mass is 399 g/mol. The van der Waals surface area contributed by atoms with Crippen LogP contribution in [0.25, 0.3) is 21.9 Å². The zero-order chi connectivity index (χ0) is 20.4. The largest absolute Gasteiger partial charge is 0.317 e. The van der Waals surface area contributed by atoms with Crippen LogP contribution in [-0.2, 0) is 18.3 Å². The molecule has 29 heavy (non-hydrogen) atoms. The summed E-state index contributed by atoms with van der Waals surface area (Å²) in [6, 6.07) is 7.36. The van der Waals surface area contributed by atoms with Crippen LogP contribution in [0.1, 0.15) is 18.5 Å². The zero-order valence-corrected chi connectivity index (χ0v) is 16.2. The molecule has 0 spiro atoms. The van der Waals surface area contributed by atoms with Gasteiger partial charge in [0.05, 0.1) is 18.3 Å². The minimum absolute atomic E-state index is 0.0889. The van der Waals surface area contributed by atoms with Gasteiger partial charge in [-0.15, -0.1) is 0 Å². The molecule has 0 unspecified atom stereocenters. The topological polar surface area (TPSA) is 71.8 Å². The van der Waals surface area contributed by atoms with Crippen LogP contribution in [0.4, 0.5) is 14.6 Å². The van der Waals surface area contributed by atoms with Crippen LogP contribution in [-0.4, -0.2) is 40.2 Å². The standard InChI is InChI=1S/C21H23F2N5O/c1-28-12-16(11-25-28)14-2-3-17-15(8-14)9-20(26-18(17)10-19(22)23)27-21(29)13-4-6-24-7-5-13/h2-3,8-9,11-13,19,24H,4-7,10H2,1H3,(H,26,27,29). The summed E-state index contributed by atoms with van der Waals surface area (Å²) in [6.45, 7) is 1.60. The first kappa shape index (κ1) is 19.4. The Hall–Kier alpha value is -2.87. The summed E-state index contributed by atoms with van der Waals surface area (Å²) in [7, 11) is 1.84. The van der Waals surface area contributed by atoms with Gasteiger partial charge in [-0.2, -0.15) is 5.10 Å². The molecule has 1 saturated heterocycles. The number of rotatable bonds is 5. The Kier molecular flexibility index (Phi) is 5.53. The van der Waals surface area contributed by atoms with E-state index in [-0.39, 0.29) is 17.5 Å². The second-order valence-corrected chi connectivity index (χ2v) is 7.40. The maximum atomic E-state index is 13.1. The predicted octanol–water partition coefficient (Wildman–Crippen LogP) is 3.38. The number of pyridine rings is 1. The lowest BCUT2D eigenvalue weighted by molar-refractivity contribution is -0.120. The Bertz CT molecular complexity index is 1030. The lowest BCUT2D eigenvalue weighted by Crippen LogP contribution is -2.34. The molecule has 152 valence electrons. The number of carbonyl (C=O) groups excluding carboxylic acids is 1. The number of nitrogens with one attached hydrogen (secondary N) is 2. The third kappa shape index (κ3) is 4.42. The van der Waals surface area contributed by atoms with Gasteiger partial charge in [-0.1, -0.05) is 12.1 Å². The maximum absolute atomic E-state index is 13.1. The van der Waals surface area contributed by atoms with Crippen molar-refractivity contribution >= 4 is 22.5 Å². The van der Waals surface area contributed by atoms with Gasteiger partial charge in [-0.3, -0.25) is 9.48 Å². The number of fused-ring (bicyclic) bond motifs is 1. The number of aromatic nitrogens is 3. The number of hydrogen-bond donors (Lipinski definition) is 2. The van der Waals surface area contributed by atoms with Gasteiger partial charge in [0.25, 0.3) is 0 Å². The van der Waals surface area contributed by atoms with Gasteiger partial charge < -0.3 is 10.6 Å². The fourth-order valence-electron chi connectivity index (χ4n) is 3.76. The molecule has 2 N–H and O–H groups in total. The number of halogens is 2. The molecule has 1 amide bonds. The first-order valence-corrected chi connectivity index (χ1v) is 9.72. The van der Waals surface area contributed by atoms with E-state index < -0.39 is 12.8 Å². The highest BCUT2D eigenvalue weighted by molar-refractivity contribution is 5.96. The smallest absolute Gasteiger partial charge is 0.244 e. The molecule has 8 heteroatoms. The molecule has 0 bridgehead atoms. The first-order chi connectivity index (χ1) is 14.0. The molecule has 0 aliphatic carbocycles. The second-order valence-electron chi connectivity index (χ2n) is 7.40. The number of alkyl halides is 2. The molecule has 1 aromatic carbocycles. The molecular formula is C21H23F2N5O. The van der Waals surface area contributed by atoms with Crippen molar-refractivity contribution in [2.24, 2.45) is 13.0 Å². The average Bonchev–Trinajstić information content (AvgIpc) is 3.14. The lowest BCUT2D eigenvalue weighted by atomic mass is 9.97. The molecule has 4 rings (SSSR count). The molecule has 6 nitrogen and oxygen atoms in total. The van der Waals surface area contributed by atoms with Crippen LogP contribution >= 0.6 is 0 Å². The number of amides is 1. The number of carbonyl (C=O) groups is 1. The van der Waals surface area contributed by atoms with E-state index in [1.54, 1.807) is 23.0 Å². The summed E-state index contributed by atoms with van der Waals surface area (Å²) < 4.78 is 28.0. The van der Waals surface area contributed by atoms with Gasteiger partial charge in [-0.25, -0.2) is 13.8 Å². The zero-order valence-electron chi connectivity index (χ0n) is 16.2. The molecule has 3 heterocycles. The van der Waals surface area contributed by atoms with E-state index >= 15 is 0 Å². The normalized spacial score (nSPS) is 15.2. The van der Waals surface area contributed by atoms with E-state index in [9.17, 15) is 13.6 Å². The molecule has 1 aliphatic rings. The maximum Gasteiger partial charge on any atom is 0.244 e. The van der Waals surface area contributed by atoms with Crippen LogP contribution in [0.3, 0.4) is 0 Å². The molecule has 0 radical (unpaired) electrons. The van der Waals surface area contributed by atoms with E-state index in [0.717, 1.165) is 42.4 Å². The van der Waals surface area contributed by atoms with E-state index in [4.69, 9.17) is 0 Å². The van der Waals surface area contributed by atoms with Gasteiger partial charge in [0.15, 0.2) is 0 Å². The van der Waals surface area contributed by atoms with Crippen molar-refractivity contribution in [1.82, 2.24) is 20.1 Å². The third-order valence-corrected chi connectivity index (χ3v) is 5.26. The number of aryl methyl sites for hydroxylation is 1. The van der Waals surface area contributed by atoms with Gasteiger partial charge in [0, 0.05) is 30.1 Å². The van der Waals surface area contributed by atoms with Crippen molar-refractivity contribution < 1.29 is 13.6 Å². The van der Waals surface area contributed by atoms with Crippen molar-refractivity contribution in [3.05, 3.63) is 42.4 Å². The Morgan fingerprint density at radius 2 is 2.07 bits per heavy atom. The number of benzene rings is 1. The summed E-state index contributed by atoms with van der Waals surface area (Å²) in [5.41, 5.74) is 2.15. The Balaban J connectivity index is 1.70. The van der Waals surface area contributed by atoms with Crippen molar-refractivity contribution in [2.45, 2.75) is 25.7 Å². The van der Waals surface area contributed by atoms with Crippen molar-refractivity contribution in [1.29, 1.82) is 0 Å². The number of hydrogen-bond acceptors (Lipinski definition) is 4.